The second-order valence-electron chi connectivity index (χ2n) is 11.5. The Morgan fingerprint density at radius 1 is 1.14 bits per heavy atom. The van der Waals surface area contributed by atoms with Crippen molar-refractivity contribution < 1.29 is 4.84 Å². The summed E-state index contributed by atoms with van der Waals surface area (Å²) in [7, 11) is 0. The van der Waals surface area contributed by atoms with Crippen molar-refractivity contribution >= 4 is 5.71 Å². The van der Waals surface area contributed by atoms with Gasteiger partial charge in [-0.2, -0.15) is 0 Å². The largest absolute Gasteiger partial charge is 0.396 e. The normalized spacial score (nSPS) is 35.5. The van der Waals surface area contributed by atoms with Gasteiger partial charge in [0.25, 0.3) is 0 Å². The Bertz CT molecular complexity index is 666. The molecule has 5 atom stereocenters. The van der Waals surface area contributed by atoms with Gasteiger partial charge in [-0.25, -0.2) is 0 Å². The predicted molar refractivity (Wildman–Crippen MR) is 125 cm³/mol. The van der Waals surface area contributed by atoms with Crippen molar-refractivity contribution in [1.82, 2.24) is 0 Å². The van der Waals surface area contributed by atoms with E-state index in [9.17, 15) is 0 Å². The van der Waals surface area contributed by atoms with Crippen molar-refractivity contribution in [3.63, 3.8) is 0 Å². The zero-order chi connectivity index (χ0) is 21.2. The molecule has 2 heteroatoms. The summed E-state index contributed by atoms with van der Waals surface area (Å²) in [4.78, 5) is 5.72. The highest BCUT2D eigenvalue weighted by Gasteiger charge is 2.62. The van der Waals surface area contributed by atoms with Crippen LogP contribution in [0.2, 0.25) is 0 Å². The number of hydrogen-bond acceptors (Lipinski definition) is 2. The minimum absolute atomic E-state index is 0.400. The van der Waals surface area contributed by atoms with Gasteiger partial charge in [0.2, 0.25) is 0 Å². The molecule has 3 aliphatic rings. The Labute approximate surface area is 180 Å². The zero-order valence-electron chi connectivity index (χ0n) is 20.2. The summed E-state index contributed by atoms with van der Waals surface area (Å²) in [6.45, 7) is 17.1. The van der Waals surface area contributed by atoms with Crippen LogP contribution in [0, 0.1) is 34.5 Å². The molecule has 0 N–H and O–H groups in total. The fourth-order valence-corrected chi connectivity index (χ4v) is 6.92. The molecule has 3 fully saturated rings. The molecule has 0 saturated heterocycles. The van der Waals surface area contributed by atoms with Gasteiger partial charge in [0.05, 0.1) is 5.71 Å². The van der Waals surface area contributed by atoms with E-state index in [2.05, 4.69) is 65.8 Å². The van der Waals surface area contributed by atoms with E-state index in [-0.39, 0.29) is 0 Å². The lowest BCUT2D eigenvalue weighted by molar-refractivity contribution is 0.130. The van der Waals surface area contributed by atoms with E-state index in [0.29, 0.717) is 16.7 Å². The SMILES string of the molecule is CC(C)=CCCC(C)CCO/N=C(\C)C=C1[C@H]2CC[C@@H]3[C@H]2C(C)(C)CCC[C@]13C. The molecule has 3 rings (SSSR count). The van der Waals surface area contributed by atoms with Gasteiger partial charge in [-0.05, 0) is 106 Å². The molecule has 164 valence electrons. The molecule has 0 radical (unpaired) electrons. The molecule has 0 spiro atoms. The third kappa shape index (κ3) is 4.83. The maximum absolute atomic E-state index is 5.72. The van der Waals surface area contributed by atoms with Crippen molar-refractivity contribution in [3.05, 3.63) is 23.3 Å². The number of nitrogens with zero attached hydrogens (tertiary/aromatic N) is 1. The van der Waals surface area contributed by atoms with Gasteiger partial charge in [0.15, 0.2) is 0 Å². The highest BCUT2D eigenvalue weighted by Crippen LogP contribution is 2.70. The summed E-state index contributed by atoms with van der Waals surface area (Å²) in [5.74, 6) is 3.22. The van der Waals surface area contributed by atoms with Gasteiger partial charge >= 0.3 is 0 Å². The first-order valence-electron chi connectivity index (χ1n) is 12.2. The number of hydrogen-bond donors (Lipinski definition) is 0. The summed E-state index contributed by atoms with van der Waals surface area (Å²) >= 11 is 0. The lowest BCUT2D eigenvalue weighted by atomic mass is 9.68. The monoisotopic (exact) mass is 399 g/mol. The fourth-order valence-electron chi connectivity index (χ4n) is 6.92. The van der Waals surface area contributed by atoms with E-state index in [1.807, 2.05) is 0 Å². The molecule has 0 aliphatic heterocycles. The molecule has 0 aromatic rings. The third-order valence-corrected chi connectivity index (χ3v) is 8.44. The second-order valence-corrected chi connectivity index (χ2v) is 11.5. The van der Waals surface area contributed by atoms with Gasteiger partial charge in [0.1, 0.15) is 6.61 Å². The Kier molecular flexibility index (Phi) is 7.01. The molecule has 2 nitrogen and oxygen atoms in total. The molecule has 0 aromatic carbocycles. The van der Waals surface area contributed by atoms with Crippen LogP contribution < -0.4 is 0 Å². The quantitative estimate of drug-likeness (QED) is 0.176. The van der Waals surface area contributed by atoms with Crippen LogP contribution >= 0.6 is 0 Å². The summed E-state index contributed by atoms with van der Waals surface area (Å²) < 4.78 is 0. The van der Waals surface area contributed by atoms with Gasteiger partial charge in [0, 0.05) is 0 Å². The smallest absolute Gasteiger partial charge is 0.117 e. The molecule has 0 aromatic heterocycles. The number of allylic oxidation sites excluding steroid dienone is 4. The molecular formula is C27H45NO. The van der Waals surface area contributed by atoms with E-state index >= 15 is 0 Å². The first-order chi connectivity index (χ1) is 13.6. The maximum Gasteiger partial charge on any atom is 0.117 e. The van der Waals surface area contributed by atoms with Gasteiger partial charge < -0.3 is 4.84 Å². The second kappa shape index (κ2) is 8.98. The van der Waals surface area contributed by atoms with Gasteiger partial charge in [-0.3, -0.25) is 0 Å². The van der Waals surface area contributed by atoms with Crippen LogP contribution in [-0.4, -0.2) is 12.3 Å². The van der Waals surface area contributed by atoms with E-state index in [1.165, 1.54) is 50.5 Å². The third-order valence-electron chi connectivity index (χ3n) is 8.44. The minimum Gasteiger partial charge on any atom is -0.396 e. The molecule has 4 bridgehead atoms. The first kappa shape index (κ1) is 22.6. The molecule has 0 heterocycles. The number of oxime groups is 1. The van der Waals surface area contributed by atoms with E-state index in [1.54, 1.807) is 5.57 Å². The lowest BCUT2D eigenvalue weighted by Gasteiger charge is -2.36. The summed E-state index contributed by atoms with van der Waals surface area (Å²) in [6.07, 6.45) is 15.2. The van der Waals surface area contributed by atoms with Crippen molar-refractivity contribution in [3.8, 4) is 0 Å². The van der Waals surface area contributed by atoms with Crippen molar-refractivity contribution in [2.24, 2.45) is 39.7 Å². The van der Waals surface area contributed by atoms with Crippen LogP contribution in [0.15, 0.2) is 28.5 Å². The topological polar surface area (TPSA) is 21.6 Å². The molecule has 3 aliphatic carbocycles. The zero-order valence-corrected chi connectivity index (χ0v) is 20.2. The standard InChI is InChI=1S/C27H45NO/c1-19(2)10-8-11-20(3)14-17-29-28-21(4)18-24-22-12-13-23-25(22)26(5,6)15-9-16-27(23,24)7/h10,18,20,22-23,25H,8-9,11-17H2,1-7H3/b24-18?,28-21+/t20?,22-,23-,25+,27+/m1/s1. The van der Waals surface area contributed by atoms with Crippen LogP contribution in [0.25, 0.3) is 0 Å². The van der Waals surface area contributed by atoms with Crippen molar-refractivity contribution in [2.75, 3.05) is 6.61 Å². The van der Waals surface area contributed by atoms with Crippen LogP contribution in [-0.2, 0) is 4.84 Å². The summed E-state index contributed by atoms with van der Waals surface area (Å²) in [6, 6.07) is 0. The molecule has 1 unspecified atom stereocenters. The van der Waals surface area contributed by atoms with Crippen LogP contribution in [0.5, 0.6) is 0 Å². The average Bonchev–Trinajstić information content (AvgIpc) is 3.13. The molecular weight excluding hydrogens is 354 g/mol. The van der Waals surface area contributed by atoms with Crippen LogP contribution in [0.1, 0.15) is 99.8 Å². The van der Waals surface area contributed by atoms with Crippen LogP contribution in [0.4, 0.5) is 0 Å². The van der Waals surface area contributed by atoms with Gasteiger partial charge in [-0.1, -0.05) is 56.5 Å². The van der Waals surface area contributed by atoms with Gasteiger partial charge in [-0.15, -0.1) is 0 Å². The first-order valence-corrected chi connectivity index (χ1v) is 12.2. The minimum atomic E-state index is 0.400. The van der Waals surface area contributed by atoms with E-state index in [4.69, 9.17) is 4.84 Å². The van der Waals surface area contributed by atoms with Crippen LogP contribution in [0.3, 0.4) is 0 Å². The Morgan fingerprint density at radius 2 is 1.90 bits per heavy atom. The average molecular weight is 400 g/mol. The predicted octanol–water partition coefficient (Wildman–Crippen LogP) is 7.95. The summed E-state index contributed by atoms with van der Waals surface area (Å²) in [5, 5.41) is 4.49. The fraction of sp³-hybridized carbons (Fsp3) is 0.815. The molecule has 3 saturated carbocycles. The Balaban J connectivity index is 1.58. The Morgan fingerprint density at radius 3 is 2.62 bits per heavy atom. The number of rotatable bonds is 8. The molecule has 0 amide bonds. The highest BCUT2D eigenvalue weighted by molar-refractivity contribution is 5.93. The highest BCUT2D eigenvalue weighted by atomic mass is 16.6. The molecule has 29 heavy (non-hydrogen) atoms. The van der Waals surface area contributed by atoms with Crippen molar-refractivity contribution in [1.29, 1.82) is 0 Å². The van der Waals surface area contributed by atoms with Crippen molar-refractivity contribution in [2.45, 2.75) is 99.8 Å². The van der Waals surface area contributed by atoms with E-state index in [0.717, 1.165) is 36.5 Å². The Hall–Kier alpha value is -1.05. The lowest BCUT2D eigenvalue weighted by Crippen LogP contribution is -2.28. The summed E-state index contributed by atoms with van der Waals surface area (Å²) in [5.41, 5.74) is 5.07. The van der Waals surface area contributed by atoms with E-state index < -0.39 is 0 Å². The maximum atomic E-state index is 5.72.